The van der Waals surface area contributed by atoms with E-state index in [-0.39, 0.29) is 6.79 Å². The molecule has 2 aromatic rings. The van der Waals surface area contributed by atoms with Crippen LogP contribution >= 0.6 is 15.9 Å². The third-order valence-corrected chi connectivity index (χ3v) is 3.92. The predicted molar refractivity (Wildman–Crippen MR) is 82.7 cm³/mol. The van der Waals surface area contributed by atoms with Crippen LogP contribution in [0, 0.1) is 0 Å². The molecule has 0 aliphatic carbocycles. The van der Waals surface area contributed by atoms with Crippen molar-refractivity contribution in [2.45, 2.75) is 19.4 Å². The smallest absolute Gasteiger partial charge is 0.255 e. The van der Waals surface area contributed by atoms with Crippen molar-refractivity contribution in [3.8, 4) is 11.5 Å². The van der Waals surface area contributed by atoms with Gasteiger partial charge in [0.25, 0.3) is 5.91 Å². The number of aliphatic hydroxyl groups is 1. The van der Waals surface area contributed by atoms with Crippen LogP contribution in [0.15, 0.2) is 28.7 Å². The molecule has 0 unspecified atom stereocenters. The first-order valence-corrected chi connectivity index (χ1v) is 7.21. The Labute approximate surface area is 130 Å². The minimum Gasteiger partial charge on any atom is -0.454 e. The number of rotatable bonds is 2. The highest BCUT2D eigenvalue weighted by molar-refractivity contribution is 9.10. The van der Waals surface area contributed by atoms with Crippen molar-refractivity contribution in [2.75, 3.05) is 12.1 Å². The molecular formula is C15H14BrNO4. The van der Waals surface area contributed by atoms with E-state index in [9.17, 15) is 9.90 Å². The van der Waals surface area contributed by atoms with E-state index in [0.717, 1.165) is 15.2 Å². The molecule has 21 heavy (non-hydrogen) atoms. The first kappa shape index (κ1) is 14.2. The zero-order chi connectivity index (χ0) is 15.2. The fourth-order valence-corrected chi connectivity index (χ4v) is 2.53. The number of carbonyl (C=O) groups is 1. The molecule has 5 nitrogen and oxygen atoms in total. The molecule has 1 aliphatic rings. The highest BCUT2D eigenvalue weighted by Gasteiger charge is 2.25. The second-order valence-corrected chi connectivity index (χ2v) is 6.22. The quantitative estimate of drug-likeness (QED) is 0.872. The van der Waals surface area contributed by atoms with Gasteiger partial charge < -0.3 is 19.9 Å². The summed E-state index contributed by atoms with van der Waals surface area (Å²) in [6.45, 7) is 3.07. The lowest BCUT2D eigenvalue weighted by molar-refractivity contribution is -0.130. The van der Waals surface area contributed by atoms with E-state index >= 15 is 0 Å². The van der Waals surface area contributed by atoms with Crippen molar-refractivity contribution in [1.29, 1.82) is 0 Å². The summed E-state index contributed by atoms with van der Waals surface area (Å²) in [6, 6.07) is 7.44. The Hall–Kier alpha value is -1.79. The molecule has 2 aromatic carbocycles. The summed E-state index contributed by atoms with van der Waals surface area (Å²) in [5, 5.41) is 14.3. The Morgan fingerprint density at radius 3 is 2.62 bits per heavy atom. The van der Waals surface area contributed by atoms with E-state index in [4.69, 9.17) is 9.47 Å². The van der Waals surface area contributed by atoms with E-state index in [1.807, 2.05) is 24.3 Å². The van der Waals surface area contributed by atoms with E-state index in [1.165, 1.54) is 13.8 Å². The number of hydrogen-bond acceptors (Lipinski definition) is 4. The van der Waals surface area contributed by atoms with Crippen molar-refractivity contribution in [3.05, 3.63) is 28.7 Å². The van der Waals surface area contributed by atoms with E-state index < -0.39 is 11.5 Å². The molecule has 1 heterocycles. The number of carbonyl (C=O) groups excluding carboxylic acids is 1. The van der Waals surface area contributed by atoms with Gasteiger partial charge in [0.05, 0.1) is 5.69 Å². The number of ether oxygens (including phenoxy) is 2. The molecule has 0 radical (unpaired) electrons. The Kier molecular flexibility index (Phi) is 3.30. The zero-order valence-electron chi connectivity index (χ0n) is 11.6. The predicted octanol–water partition coefficient (Wildman–Crippen LogP) is 3.04. The third kappa shape index (κ3) is 2.56. The highest BCUT2D eigenvalue weighted by Crippen LogP contribution is 2.40. The van der Waals surface area contributed by atoms with E-state index in [1.54, 1.807) is 0 Å². The summed E-state index contributed by atoms with van der Waals surface area (Å²) >= 11 is 3.42. The van der Waals surface area contributed by atoms with Crippen LogP contribution in [0.25, 0.3) is 10.8 Å². The summed E-state index contributed by atoms with van der Waals surface area (Å²) in [5.74, 6) is 0.845. The number of fused-ring (bicyclic) bond motifs is 2. The molecule has 1 aliphatic heterocycles. The summed E-state index contributed by atoms with van der Waals surface area (Å²) in [7, 11) is 0. The molecule has 110 valence electrons. The lowest BCUT2D eigenvalue weighted by Crippen LogP contribution is -2.36. The molecule has 0 bridgehead atoms. The molecule has 3 rings (SSSR count). The van der Waals surface area contributed by atoms with Crippen LogP contribution in [0.3, 0.4) is 0 Å². The molecule has 2 N–H and O–H groups in total. The largest absolute Gasteiger partial charge is 0.454 e. The van der Waals surface area contributed by atoms with Gasteiger partial charge in [-0.25, -0.2) is 0 Å². The molecule has 0 spiro atoms. The first-order chi connectivity index (χ1) is 9.86. The Morgan fingerprint density at radius 1 is 1.29 bits per heavy atom. The fraction of sp³-hybridized carbons (Fsp3) is 0.267. The number of benzene rings is 2. The fourth-order valence-electron chi connectivity index (χ4n) is 2.08. The summed E-state index contributed by atoms with van der Waals surface area (Å²) in [4.78, 5) is 12.0. The van der Waals surface area contributed by atoms with Gasteiger partial charge in [-0.05, 0) is 53.4 Å². The summed E-state index contributed by atoms with van der Waals surface area (Å²) in [5.41, 5.74) is -0.865. The van der Waals surface area contributed by atoms with Crippen molar-refractivity contribution in [3.63, 3.8) is 0 Å². The normalized spacial score (nSPS) is 13.5. The average molecular weight is 352 g/mol. The number of hydrogen-bond donors (Lipinski definition) is 2. The van der Waals surface area contributed by atoms with Crippen LogP contribution < -0.4 is 14.8 Å². The highest BCUT2D eigenvalue weighted by atomic mass is 79.9. The minimum absolute atomic E-state index is 0.193. The number of amides is 1. The van der Waals surface area contributed by atoms with Crippen LogP contribution in [-0.4, -0.2) is 23.4 Å². The Balaban J connectivity index is 2.13. The van der Waals surface area contributed by atoms with Gasteiger partial charge in [0.2, 0.25) is 6.79 Å². The number of nitrogens with one attached hydrogen (secondary N) is 1. The van der Waals surface area contributed by atoms with Gasteiger partial charge in [0.15, 0.2) is 11.5 Å². The molecule has 0 atom stereocenters. The molecule has 1 amide bonds. The molecule has 6 heteroatoms. The second kappa shape index (κ2) is 4.89. The average Bonchev–Trinajstić information content (AvgIpc) is 2.86. The van der Waals surface area contributed by atoms with Crippen molar-refractivity contribution in [2.24, 2.45) is 0 Å². The van der Waals surface area contributed by atoms with Crippen LogP contribution in [0.4, 0.5) is 5.69 Å². The standard InChI is InChI=1S/C15H14BrNO4/c1-15(2,19)14(18)17-13-9-6-12-11(20-7-21-12)5-8(9)3-4-10(13)16/h3-6,19H,7H2,1-2H3,(H,17,18). The van der Waals surface area contributed by atoms with Crippen LogP contribution in [0.1, 0.15) is 13.8 Å². The SMILES string of the molecule is CC(C)(O)C(=O)Nc1c(Br)ccc2cc3c(cc12)OCO3. The monoisotopic (exact) mass is 351 g/mol. The summed E-state index contributed by atoms with van der Waals surface area (Å²) < 4.78 is 11.5. The van der Waals surface area contributed by atoms with Gasteiger partial charge >= 0.3 is 0 Å². The number of anilines is 1. The van der Waals surface area contributed by atoms with Gasteiger partial charge in [-0.15, -0.1) is 0 Å². The lowest BCUT2D eigenvalue weighted by Gasteiger charge is -2.18. The van der Waals surface area contributed by atoms with Gasteiger partial charge in [-0.2, -0.15) is 0 Å². The van der Waals surface area contributed by atoms with Crippen LogP contribution in [0.2, 0.25) is 0 Å². The molecule has 0 saturated carbocycles. The van der Waals surface area contributed by atoms with Gasteiger partial charge in [-0.1, -0.05) is 6.07 Å². The Bertz CT molecular complexity index is 737. The van der Waals surface area contributed by atoms with Gasteiger partial charge in [0.1, 0.15) is 5.60 Å². The molecule has 0 saturated heterocycles. The van der Waals surface area contributed by atoms with E-state index in [0.29, 0.717) is 17.2 Å². The van der Waals surface area contributed by atoms with Crippen LogP contribution in [0.5, 0.6) is 11.5 Å². The van der Waals surface area contributed by atoms with Crippen molar-refractivity contribution >= 4 is 38.3 Å². The maximum atomic E-state index is 12.0. The first-order valence-electron chi connectivity index (χ1n) is 6.42. The van der Waals surface area contributed by atoms with Gasteiger partial charge in [0, 0.05) is 9.86 Å². The maximum Gasteiger partial charge on any atom is 0.255 e. The van der Waals surface area contributed by atoms with Crippen LogP contribution in [-0.2, 0) is 4.79 Å². The topological polar surface area (TPSA) is 67.8 Å². The Morgan fingerprint density at radius 2 is 1.95 bits per heavy atom. The molecule has 0 fully saturated rings. The molecular weight excluding hydrogens is 338 g/mol. The number of halogens is 1. The zero-order valence-corrected chi connectivity index (χ0v) is 13.2. The lowest BCUT2D eigenvalue weighted by atomic mass is 10.1. The van der Waals surface area contributed by atoms with E-state index in [2.05, 4.69) is 21.2 Å². The molecule has 0 aromatic heterocycles. The van der Waals surface area contributed by atoms with Crippen molar-refractivity contribution < 1.29 is 19.4 Å². The maximum absolute atomic E-state index is 12.0. The minimum atomic E-state index is -1.46. The summed E-state index contributed by atoms with van der Waals surface area (Å²) in [6.07, 6.45) is 0. The second-order valence-electron chi connectivity index (χ2n) is 5.36. The third-order valence-electron chi connectivity index (χ3n) is 3.26. The van der Waals surface area contributed by atoms with Crippen molar-refractivity contribution in [1.82, 2.24) is 0 Å². The van der Waals surface area contributed by atoms with Gasteiger partial charge in [-0.3, -0.25) is 4.79 Å².